The number of amides is 1. The van der Waals surface area contributed by atoms with Gasteiger partial charge in [-0.2, -0.15) is 0 Å². The predicted molar refractivity (Wildman–Crippen MR) is 139 cm³/mol. The predicted octanol–water partition coefficient (Wildman–Crippen LogP) is 3.87. The SMILES string of the molecule is COc1c(Cl)cccc1Nc1c(-c2ccncc2OC(C)[C@H]2CN(C)CCO2)[nH]c2c1C(=O)NCC2. The number of methoxy groups -OCH3 is 1. The van der Waals surface area contributed by atoms with Gasteiger partial charge in [0.05, 0.1) is 47.6 Å². The molecule has 1 aromatic carbocycles. The molecule has 1 unspecified atom stereocenters. The van der Waals surface area contributed by atoms with Crippen molar-refractivity contribution in [3.05, 3.63) is 52.9 Å². The Morgan fingerprint density at radius 2 is 2.19 bits per heavy atom. The number of aromatic amines is 1. The van der Waals surface area contributed by atoms with Gasteiger partial charge in [-0.15, -0.1) is 0 Å². The van der Waals surface area contributed by atoms with Crippen LogP contribution < -0.4 is 20.1 Å². The van der Waals surface area contributed by atoms with E-state index in [0.29, 0.717) is 53.0 Å². The van der Waals surface area contributed by atoms with Crippen LogP contribution in [0.1, 0.15) is 23.0 Å². The minimum atomic E-state index is -0.201. The molecule has 36 heavy (non-hydrogen) atoms. The third-order valence-corrected chi connectivity index (χ3v) is 6.88. The number of para-hydroxylation sites is 1. The number of H-pyrrole nitrogens is 1. The van der Waals surface area contributed by atoms with Crippen LogP contribution in [0.2, 0.25) is 5.02 Å². The molecule has 5 rings (SSSR count). The summed E-state index contributed by atoms with van der Waals surface area (Å²) in [6.45, 7) is 4.93. The lowest BCUT2D eigenvalue weighted by atomic mass is 10.0. The summed E-state index contributed by atoms with van der Waals surface area (Å²) in [7, 11) is 3.64. The van der Waals surface area contributed by atoms with Gasteiger partial charge in [-0.1, -0.05) is 17.7 Å². The minimum Gasteiger partial charge on any atom is -0.493 e. The molecule has 3 N–H and O–H groups in total. The maximum absolute atomic E-state index is 13.0. The molecule has 1 amide bonds. The summed E-state index contributed by atoms with van der Waals surface area (Å²) in [5.41, 5.74) is 4.20. The average Bonchev–Trinajstić information content (AvgIpc) is 3.24. The summed E-state index contributed by atoms with van der Waals surface area (Å²) < 4.78 is 17.9. The molecule has 3 aromatic rings. The van der Waals surface area contributed by atoms with E-state index in [1.54, 1.807) is 25.6 Å². The maximum Gasteiger partial charge on any atom is 0.255 e. The zero-order chi connectivity index (χ0) is 25.2. The number of morpholine rings is 1. The highest BCUT2D eigenvalue weighted by Gasteiger charge is 2.30. The number of hydrogen-bond acceptors (Lipinski definition) is 7. The largest absolute Gasteiger partial charge is 0.493 e. The van der Waals surface area contributed by atoms with Crippen molar-refractivity contribution in [2.45, 2.75) is 25.6 Å². The number of ether oxygens (including phenoxy) is 3. The number of likely N-dealkylation sites (N-methyl/N-ethyl adjacent to an activating group) is 1. The number of benzene rings is 1. The van der Waals surface area contributed by atoms with E-state index in [-0.39, 0.29) is 18.1 Å². The first-order valence-corrected chi connectivity index (χ1v) is 12.4. The van der Waals surface area contributed by atoms with Crippen LogP contribution in [-0.4, -0.2) is 73.4 Å². The number of anilines is 2. The van der Waals surface area contributed by atoms with E-state index in [9.17, 15) is 4.79 Å². The monoisotopic (exact) mass is 511 g/mol. The van der Waals surface area contributed by atoms with E-state index in [0.717, 1.165) is 30.0 Å². The van der Waals surface area contributed by atoms with E-state index < -0.39 is 0 Å². The molecule has 2 aliphatic rings. The Hall–Kier alpha value is -3.27. The van der Waals surface area contributed by atoms with Crippen molar-refractivity contribution in [1.82, 2.24) is 20.2 Å². The van der Waals surface area contributed by atoms with Crippen LogP contribution >= 0.6 is 11.6 Å². The Kier molecular flexibility index (Phi) is 7.04. The van der Waals surface area contributed by atoms with Gasteiger partial charge >= 0.3 is 0 Å². The number of nitrogens with zero attached hydrogens (tertiary/aromatic N) is 2. The summed E-state index contributed by atoms with van der Waals surface area (Å²) in [6.07, 6.45) is 3.83. The van der Waals surface area contributed by atoms with Crippen molar-refractivity contribution in [3.8, 4) is 22.8 Å². The first-order valence-electron chi connectivity index (χ1n) is 12.0. The van der Waals surface area contributed by atoms with Gasteiger partial charge in [0.15, 0.2) is 5.75 Å². The summed E-state index contributed by atoms with van der Waals surface area (Å²) in [5.74, 6) is 0.947. The first-order chi connectivity index (χ1) is 17.5. The molecule has 4 heterocycles. The van der Waals surface area contributed by atoms with Crippen LogP contribution in [0.4, 0.5) is 11.4 Å². The molecule has 9 nitrogen and oxygen atoms in total. The summed E-state index contributed by atoms with van der Waals surface area (Å²) in [6, 6.07) is 7.33. The van der Waals surface area contributed by atoms with Crippen molar-refractivity contribution < 1.29 is 19.0 Å². The Labute approximate surface area is 215 Å². The normalized spacial score (nSPS) is 18.8. The van der Waals surface area contributed by atoms with Crippen molar-refractivity contribution in [2.24, 2.45) is 0 Å². The summed E-state index contributed by atoms with van der Waals surface area (Å²) in [5, 5.41) is 6.82. The van der Waals surface area contributed by atoms with E-state index in [1.165, 1.54) is 0 Å². The van der Waals surface area contributed by atoms with Crippen LogP contribution in [0, 0.1) is 0 Å². The van der Waals surface area contributed by atoms with Gasteiger partial charge in [0.2, 0.25) is 0 Å². The van der Waals surface area contributed by atoms with Crippen molar-refractivity contribution in [1.29, 1.82) is 0 Å². The zero-order valence-corrected chi connectivity index (χ0v) is 21.3. The third-order valence-electron chi connectivity index (χ3n) is 6.58. The van der Waals surface area contributed by atoms with Crippen LogP contribution in [0.15, 0.2) is 36.7 Å². The summed E-state index contributed by atoms with van der Waals surface area (Å²) >= 11 is 6.37. The van der Waals surface area contributed by atoms with Gasteiger partial charge in [0.1, 0.15) is 18.0 Å². The fourth-order valence-corrected chi connectivity index (χ4v) is 4.96. The Morgan fingerprint density at radius 3 is 3.00 bits per heavy atom. The van der Waals surface area contributed by atoms with Gasteiger partial charge < -0.3 is 34.7 Å². The second kappa shape index (κ2) is 10.4. The second-order valence-corrected chi connectivity index (χ2v) is 9.45. The van der Waals surface area contributed by atoms with E-state index in [4.69, 9.17) is 25.8 Å². The van der Waals surface area contributed by atoms with Crippen LogP contribution in [-0.2, 0) is 11.2 Å². The van der Waals surface area contributed by atoms with Gasteiger partial charge in [-0.25, -0.2) is 0 Å². The highest BCUT2D eigenvalue weighted by atomic mass is 35.5. The van der Waals surface area contributed by atoms with Crippen molar-refractivity contribution in [2.75, 3.05) is 45.7 Å². The molecule has 0 saturated carbocycles. The van der Waals surface area contributed by atoms with Crippen LogP contribution in [0.3, 0.4) is 0 Å². The molecular formula is C26H30ClN5O4. The van der Waals surface area contributed by atoms with Gasteiger partial charge in [0.25, 0.3) is 5.91 Å². The molecule has 1 fully saturated rings. The number of pyridine rings is 1. The highest BCUT2D eigenvalue weighted by Crippen LogP contribution is 2.43. The number of halogens is 1. The minimum absolute atomic E-state index is 0.0623. The van der Waals surface area contributed by atoms with E-state index in [2.05, 4.69) is 32.5 Å². The quantitative estimate of drug-likeness (QED) is 0.442. The van der Waals surface area contributed by atoms with Gasteiger partial charge in [-0.3, -0.25) is 9.78 Å². The summed E-state index contributed by atoms with van der Waals surface area (Å²) in [4.78, 5) is 23.0. The molecule has 2 atom stereocenters. The molecule has 0 bridgehead atoms. The standard InChI is InChI=1S/C26H30ClN5O4/c1-15(21-14-32(2)11-12-35-21)36-20-13-28-9-7-16(20)23-24(22-18(30-23)8-10-29-26(22)33)31-19-6-4-5-17(27)25(19)34-3/h4-7,9,13,15,21,30-31H,8,10-12,14H2,1-3H3,(H,29,33)/t15?,21-/m1/s1. The molecule has 0 spiro atoms. The maximum atomic E-state index is 13.0. The van der Waals surface area contributed by atoms with E-state index in [1.807, 2.05) is 25.1 Å². The smallest absolute Gasteiger partial charge is 0.255 e. The lowest BCUT2D eigenvalue weighted by Crippen LogP contribution is -2.46. The molecule has 0 aliphatic carbocycles. The van der Waals surface area contributed by atoms with E-state index >= 15 is 0 Å². The first kappa shape index (κ1) is 24.4. The van der Waals surface area contributed by atoms with Crippen LogP contribution in [0.5, 0.6) is 11.5 Å². The number of hydrogen-bond donors (Lipinski definition) is 3. The lowest BCUT2D eigenvalue weighted by molar-refractivity contribution is -0.0689. The Morgan fingerprint density at radius 1 is 1.33 bits per heavy atom. The lowest BCUT2D eigenvalue weighted by Gasteiger charge is -2.33. The highest BCUT2D eigenvalue weighted by molar-refractivity contribution is 6.32. The molecule has 10 heteroatoms. The van der Waals surface area contributed by atoms with Gasteiger partial charge in [-0.05, 0) is 32.2 Å². The van der Waals surface area contributed by atoms with Crippen molar-refractivity contribution >= 4 is 28.9 Å². The molecular weight excluding hydrogens is 482 g/mol. The molecule has 2 aromatic heterocycles. The topological polar surface area (TPSA) is 101 Å². The van der Waals surface area contributed by atoms with Crippen molar-refractivity contribution in [3.63, 3.8) is 0 Å². The van der Waals surface area contributed by atoms with Crippen LogP contribution in [0.25, 0.3) is 11.3 Å². The average molecular weight is 512 g/mol. The fourth-order valence-electron chi connectivity index (χ4n) is 4.71. The Bertz CT molecular complexity index is 1260. The second-order valence-electron chi connectivity index (χ2n) is 9.05. The number of carbonyl (C=O) groups excluding carboxylic acids is 1. The number of fused-ring (bicyclic) bond motifs is 1. The number of rotatable bonds is 7. The third kappa shape index (κ3) is 4.74. The van der Waals surface area contributed by atoms with Gasteiger partial charge in [0, 0.05) is 43.5 Å². The number of aromatic nitrogens is 2. The molecule has 0 radical (unpaired) electrons. The molecule has 1 saturated heterocycles. The zero-order valence-electron chi connectivity index (χ0n) is 20.6. The number of carbonyl (C=O) groups is 1. The Balaban J connectivity index is 1.56. The molecule has 2 aliphatic heterocycles. The number of nitrogens with one attached hydrogen (secondary N) is 3. The fraction of sp³-hybridized carbons (Fsp3) is 0.385. The molecule has 190 valence electrons.